The maximum Gasteiger partial charge on any atom is 0.351 e. The third-order valence-electron chi connectivity index (χ3n) is 5.34. The lowest BCUT2D eigenvalue weighted by molar-refractivity contribution is -0.184. The Labute approximate surface area is 117 Å². The Kier molecular flexibility index (Phi) is 2.56. The predicted octanol–water partition coefficient (Wildman–Crippen LogP) is 2.44. The van der Waals surface area contributed by atoms with Gasteiger partial charge in [-0.1, -0.05) is 13.8 Å². The molecule has 2 heterocycles. The van der Waals surface area contributed by atoms with Gasteiger partial charge in [0.05, 0.1) is 11.7 Å². The molecule has 0 N–H and O–H groups in total. The molecule has 1 aromatic rings. The van der Waals surface area contributed by atoms with Gasteiger partial charge < -0.3 is 13.9 Å². The number of hydrogen-bond acceptors (Lipinski definition) is 5. The summed E-state index contributed by atoms with van der Waals surface area (Å²) in [7, 11) is 0. The minimum atomic E-state index is -1.16. The van der Waals surface area contributed by atoms with Gasteiger partial charge in [0.1, 0.15) is 12.4 Å². The lowest BCUT2D eigenvalue weighted by Gasteiger charge is -2.34. The summed E-state index contributed by atoms with van der Waals surface area (Å²) in [4.78, 5) is 24.5. The van der Waals surface area contributed by atoms with E-state index in [2.05, 4.69) is 0 Å². The highest BCUT2D eigenvalue weighted by molar-refractivity contribution is 5.93. The van der Waals surface area contributed by atoms with Gasteiger partial charge in [-0.2, -0.15) is 0 Å². The molecule has 2 bridgehead atoms. The molecule has 3 rings (SSSR count). The molecular formula is C15H18O5. The monoisotopic (exact) mass is 278 g/mol. The lowest BCUT2D eigenvalue weighted by Crippen LogP contribution is -2.48. The zero-order valence-corrected chi connectivity index (χ0v) is 11.9. The molecule has 2 aliphatic rings. The third-order valence-corrected chi connectivity index (χ3v) is 5.34. The third kappa shape index (κ3) is 1.38. The number of fused-ring (bicyclic) bond motifs is 2. The summed E-state index contributed by atoms with van der Waals surface area (Å²) in [6.07, 6.45) is 2.68. The SMILES string of the molecule is CC1(C)[C@@]2(C)CC[C@]1(C(=O)OCc1ccco1)OC2=O. The van der Waals surface area contributed by atoms with Crippen LogP contribution in [0.4, 0.5) is 0 Å². The van der Waals surface area contributed by atoms with Crippen LogP contribution < -0.4 is 0 Å². The van der Waals surface area contributed by atoms with Crippen molar-refractivity contribution in [2.45, 2.75) is 45.8 Å². The van der Waals surface area contributed by atoms with Gasteiger partial charge in [0.15, 0.2) is 0 Å². The summed E-state index contributed by atoms with van der Waals surface area (Å²) in [6.45, 7) is 5.72. The van der Waals surface area contributed by atoms with E-state index in [1.165, 1.54) is 6.26 Å². The molecule has 2 atom stereocenters. The first-order valence-electron chi connectivity index (χ1n) is 6.77. The van der Waals surface area contributed by atoms with Crippen molar-refractivity contribution in [1.82, 2.24) is 0 Å². The van der Waals surface area contributed by atoms with E-state index < -0.39 is 22.4 Å². The minimum Gasteiger partial charge on any atom is -0.466 e. The number of ether oxygens (including phenoxy) is 2. The Morgan fingerprint density at radius 3 is 2.60 bits per heavy atom. The fourth-order valence-corrected chi connectivity index (χ4v) is 3.35. The van der Waals surface area contributed by atoms with Crippen molar-refractivity contribution in [2.75, 3.05) is 0 Å². The topological polar surface area (TPSA) is 65.7 Å². The molecule has 5 heteroatoms. The van der Waals surface area contributed by atoms with Gasteiger partial charge in [-0.15, -0.1) is 0 Å². The smallest absolute Gasteiger partial charge is 0.351 e. The zero-order valence-electron chi connectivity index (χ0n) is 11.9. The summed E-state index contributed by atoms with van der Waals surface area (Å²) in [5.41, 5.74) is -2.35. The molecule has 1 aliphatic heterocycles. The molecule has 0 spiro atoms. The Bertz CT molecular complexity index is 559. The van der Waals surface area contributed by atoms with E-state index >= 15 is 0 Å². The second-order valence-electron chi connectivity index (χ2n) is 6.33. The molecule has 0 unspecified atom stereocenters. The minimum absolute atomic E-state index is 0.0535. The van der Waals surface area contributed by atoms with E-state index in [9.17, 15) is 9.59 Å². The van der Waals surface area contributed by atoms with E-state index in [-0.39, 0.29) is 12.6 Å². The number of furan rings is 1. The van der Waals surface area contributed by atoms with Crippen LogP contribution >= 0.6 is 0 Å². The Morgan fingerprint density at radius 2 is 2.10 bits per heavy atom. The van der Waals surface area contributed by atoms with Gasteiger partial charge in [0, 0.05) is 5.41 Å². The molecule has 0 radical (unpaired) electrons. The van der Waals surface area contributed by atoms with Crippen molar-refractivity contribution in [3.8, 4) is 0 Å². The molecule has 20 heavy (non-hydrogen) atoms. The van der Waals surface area contributed by atoms with Crippen LogP contribution in [0.1, 0.15) is 39.4 Å². The van der Waals surface area contributed by atoms with Gasteiger partial charge in [-0.05, 0) is 31.9 Å². The summed E-state index contributed by atoms with van der Waals surface area (Å²) in [6, 6.07) is 3.46. The molecule has 0 aromatic carbocycles. The van der Waals surface area contributed by atoms with Gasteiger partial charge >= 0.3 is 11.9 Å². The summed E-state index contributed by atoms with van der Waals surface area (Å²) >= 11 is 0. The molecule has 5 nitrogen and oxygen atoms in total. The molecule has 1 aromatic heterocycles. The molecule has 1 saturated carbocycles. The quantitative estimate of drug-likeness (QED) is 0.794. The second kappa shape index (κ2) is 3.87. The highest BCUT2D eigenvalue weighted by Crippen LogP contribution is 2.65. The van der Waals surface area contributed by atoms with Crippen molar-refractivity contribution in [3.05, 3.63) is 24.2 Å². The van der Waals surface area contributed by atoms with Gasteiger partial charge in [0.2, 0.25) is 5.60 Å². The fourth-order valence-electron chi connectivity index (χ4n) is 3.35. The van der Waals surface area contributed by atoms with Crippen LogP contribution in [-0.2, 0) is 25.7 Å². The van der Waals surface area contributed by atoms with Crippen LogP contribution in [0.25, 0.3) is 0 Å². The van der Waals surface area contributed by atoms with Crippen molar-refractivity contribution < 1.29 is 23.5 Å². The highest BCUT2D eigenvalue weighted by Gasteiger charge is 2.76. The first-order valence-corrected chi connectivity index (χ1v) is 6.77. The maximum absolute atomic E-state index is 12.5. The van der Waals surface area contributed by atoms with Gasteiger partial charge in [0.25, 0.3) is 0 Å². The van der Waals surface area contributed by atoms with E-state index in [0.29, 0.717) is 18.6 Å². The van der Waals surface area contributed by atoms with Crippen LogP contribution in [0.3, 0.4) is 0 Å². The Balaban J connectivity index is 1.82. The first kappa shape index (κ1) is 13.2. The van der Waals surface area contributed by atoms with E-state index in [1.54, 1.807) is 12.1 Å². The van der Waals surface area contributed by atoms with Crippen molar-refractivity contribution in [3.63, 3.8) is 0 Å². The Morgan fingerprint density at radius 1 is 1.35 bits per heavy atom. The average molecular weight is 278 g/mol. The molecule has 0 amide bonds. The second-order valence-corrected chi connectivity index (χ2v) is 6.33. The van der Waals surface area contributed by atoms with Crippen molar-refractivity contribution in [2.24, 2.45) is 10.8 Å². The molecule has 108 valence electrons. The molecule has 1 saturated heterocycles. The fraction of sp³-hybridized carbons (Fsp3) is 0.600. The summed E-state index contributed by atoms with van der Waals surface area (Å²) in [5, 5.41) is 0. The molecular weight excluding hydrogens is 260 g/mol. The summed E-state index contributed by atoms with van der Waals surface area (Å²) in [5.74, 6) is -0.213. The largest absolute Gasteiger partial charge is 0.466 e. The van der Waals surface area contributed by atoms with Crippen LogP contribution in [0.15, 0.2) is 22.8 Å². The van der Waals surface area contributed by atoms with Crippen LogP contribution in [0, 0.1) is 10.8 Å². The molecule has 2 fully saturated rings. The highest BCUT2D eigenvalue weighted by atomic mass is 16.6. The predicted molar refractivity (Wildman–Crippen MR) is 68.4 cm³/mol. The standard InChI is InChI=1S/C15H18O5/c1-13(2)14(3)6-7-15(13,20-11(14)16)12(17)19-9-10-5-4-8-18-10/h4-5,8H,6-7,9H2,1-3H3/t14-,15+/m0/s1. The van der Waals surface area contributed by atoms with Gasteiger partial charge in [-0.25, -0.2) is 4.79 Å². The summed E-state index contributed by atoms with van der Waals surface area (Å²) < 4.78 is 15.9. The van der Waals surface area contributed by atoms with E-state index in [1.807, 2.05) is 20.8 Å². The zero-order chi connectivity index (χ0) is 14.6. The number of carbonyl (C=O) groups is 2. The van der Waals surface area contributed by atoms with Crippen LogP contribution in [0.5, 0.6) is 0 Å². The normalized spacial score (nSPS) is 34.0. The number of hydrogen-bond donors (Lipinski definition) is 0. The van der Waals surface area contributed by atoms with E-state index in [0.717, 1.165) is 0 Å². The number of esters is 2. The van der Waals surface area contributed by atoms with E-state index in [4.69, 9.17) is 13.9 Å². The van der Waals surface area contributed by atoms with Crippen LogP contribution in [-0.4, -0.2) is 17.5 Å². The van der Waals surface area contributed by atoms with Crippen molar-refractivity contribution in [1.29, 1.82) is 0 Å². The number of carbonyl (C=O) groups excluding carboxylic acids is 2. The average Bonchev–Trinajstić information content (AvgIpc) is 3.01. The first-order chi connectivity index (χ1) is 9.33. The maximum atomic E-state index is 12.5. The number of rotatable bonds is 3. The Hall–Kier alpha value is -1.78. The van der Waals surface area contributed by atoms with Gasteiger partial charge in [-0.3, -0.25) is 4.79 Å². The molecule has 1 aliphatic carbocycles. The van der Waals surface area contributed by atoms with Crippen LogP contribution in [0.2, 0.25) is 0 Å². The van der Waals surface area contributed by atoms with Crippen molar-refractivity contribution >= 4 is 11.9 Å². The lowest BCUT2D eigenvalue weighted by atomic mass is 9.66.